The highest BCUT2D eigenvalue weighted by Crippen LogP contribution is 2.36. The summed E-state index contributed by atoms with van der Waals surface area (Å²) in [6.07, 6.45) is -9.01. The van der Waals surface area contributed by atoms with Crippen LogP contribution in [-0.2, 0) is 23.6 Å². The molecule has 0 fully saturated rings. The van der Waals surface area contributed by atoms with Crippen LogP contribution in [0, 0.1) is 0 Å². The number of nitrogens with one attached hydrogen (secondary N) is 1. The summed E-state index contributed by atoms with van der Waals surface area (Å²) >= 11 is 0. The van der Waals surface area contributed by atoms with Gasteiger partial charge >= 0.3 is 12.4 Å². The van der Waals surface area contributed by atoms with E-state index in [2.05, 4.69) is 5.32 Å². The van der Waals surface area contributed by atoms with Gasteiger partial charge in [0.1, 0.15) is 0 Å². The third-order valence-electron chi connectivity index (χ3n) is 2.68. The minimum Gasteiger partial charge on any atom is -0.385 e. The number of methoxy groups -OCH3 is 1. The molecule has 0 spiro atoms. The Morgan fingerprint density at radius 1 is 0.952 bits per heavy atom. The van der Waals surface area contributed by atoms with Gasteiger partial charge in [0.05, 0.1) is 11.1 Å². The number of rotatable bonds is 6. The minimum absolute atomic E-state index is 0.0606. The molecule has 0 aliphatic rings. The zero-order valence-corrected chi connectivity index (χ0v) is 11.2. The molecule has 1 rings (SSSR count). The van der Waals surface area contributed by atoms with Crippen molar-refractivity contribution < 1.29 is 31.1 Å². The van der Waals surface area contributed by atoms with Gasteiger partial charge in [-0.25, -0.2) is 0 Å². The smallest absolute Gasteiger partial charge is 0.385 e. The lowest BCUT2D eigenvalue weighted by Gasteiger charge is -2.14. The van der Waals surface area contributed by atoms with E-state index in [1.165, 1.54) is 7.11 Å². The first-order valence-corrected chi connectivity index (χ1v) is 6.12. The third-order valence-corrected chi connectivity index (χ3v) is 2.68. The van der Waals surface area contributed by atoms with E-state index < -0.39 is 23.5 Å². The highest BCUT2D eigenvalue weighted by molar-refractivity contribution is 5.33. The van der Waals surface area contributed by atoms with E-state index in [1.807, 2.05) is 0 Å². The molecule has 21 heavy (non-hydrogen) atoms. The fraction of sp³-hybridized carbons (Fsp3) is 0.538. The predicted molar refractivity (Wildman–Crippen MR) is 64.6 cm³/mol. The molecule has 8 heteroatoms. The van der Waals surface area contributed by atoms with E-state index in [0.29, 0.717) is 19.6 Å². The third kappa shape index (κ3) is 5.92. The summed E-state index contributed by atoms with van der Waals surface area (Å²) in [6.45, 7) is 0.825. The van der Waals surface area contributed by atoms with Crippen molar-refractivity contribution in [2.24, 2.45) is 0 Å². The van der Waals surface area contributed by atoms with Gasteiger partial charge in [0, 0.05) is 20.3 Å². The summed E-state index contributed by atoms with van der Waals surface area (Å²) in [5, 5.41) is 2.78. The van der Waals surface area contributed by atoms with Gasteiger partial charge in [0.15, 0.2) is 0 Å². The summed E-state index contributed by atoms with van der Waals surface area (Å²) in [6, 6.07) is 1.56. The van der Waals surface area contributed by atoms with E-state index >= 15 is 0 Å². The highest BCUT2D eigenvalue weighted by atomic mass is 19.4. The Morgan fingerprint density at radius 2 is 1.48 bits per heavy atom. The standard InChI is InChI=1S/C13H15F6NO/c1-21-4-2-3-20-8-9-5-10(12(14,15)16)7-11(6-9)13(17,18)19/h5-7,20H,2-4,8H2,1H3. The van der Waals surface area contributed by atoms with Crippen LogP contribution in [0.25, 0.3) is 0 Å². The number of ether oxygens (including phenoxy) is 1. The van der Waals surface area contributed by atoms with Crippen molar-refractivity contribution in [3.05, 3.63) is 34.9 Å². The Balaban J connectivity index is 2.88. The fourth-order valence-corrected chi connectivity index (χ4v) is 1.70. The lowest BCUT2D eigenvalue weighted by molar-refractivity contribution is -0.143. The molecule has 0 aliphatic carbocycles. The Labute approximate surface area is 118 Å². The van der Waals surface area contributed by atoms with Crippen molar-refractivity contribution in [3.63, 3.8) is 0 Å². The largest absolute Gasteiger partial charge is 0.416 e. The molecule has 120 valence electrons. The quantitative estimate of drug-likeness (QED) is 0.636. The zero-order valence-electron chi connectivity index (χ0n) is 11.2. The molecule has 1 aromatic rings. The molecule has 0 atom stereocenters. The van der Waals surface area contributed by atoms with Gasteiger partial charge in [0.25, 0.3) is 0 Å². The molecule has 0 radical (unpaired) electrons. The molecule has 0 unspecified atom stereocenters. The van der Waals surface area contributed by atoms with Gasteiger partial charge in [-0.05, 0) is 36.7 Å². The van der Waals surface area contributed by atoms with E-state index in [-0.39, 0.29) is 18.2 Å². The van der Waals surface area contributed by atoms with Crippen LogP contribution in [0.15, 0.2) is 18.2 Å². The molecule has 0 aromatic heterocycles. The second kappa shape index (κ2) is 7.13. The molecule has 0 saturated heterocycles. The van der Waals surface area contributed by atoms with E-state index in [9.17, 15) is 26.3 Å². The summed E-state index contributed by atoms with van der Waals surface area (Å²) in [4.78, 5) is 0. The van der Waals surface area contributed by atoms with Crippen LogP contribution in [-0.4, -0.2) is 20.3 Å². The molecule has 1 aromatic carbocycles. The molecular weight excluding hydrogens is 300 g/mol. The minimum atomic E-state index is -4.81. The lowest BCUT2D eigenvalue weighted by atomic mass is 10.0. The van der Waals surface area contributed by atoms with Crippen LogP contribution < -0.4 is 5.32 Å². The second-order valence-corrected chi connectivity index (χ2v) is 4.44. The van der Waals surface area contributed by atoms with Gasteiger partial charge in [-0.15, -0.1) is 0 Å². The molecule has 0 aliphatic heterocycles. The van der Waals surface area contributed by atoms with Crippen molar-refractivity contribution in [2.45, 2.75) is 25.3 Å². The van der Waals surface area contributed by atoms with Crippen molar-refractivity contribution in [3.8, 4) is 0 Å². The number of alkyl halides is 6. The fourth-order valence-electron chi connectivity index (χ4n) is 1.70. The molecule has 0 saturated carbocycles. The van der Waals surface area contributed by atoms with Gasteiger partial charge < -0.3 is 10.1 Å². The van der Waals surface area contributed by atoms with Crippen LogP contribution in [0.4, 0.5) is 26.3 Å². The molecule has 0 amide bonds. The summed E-state index contributed by atoms with van der Waals surface area (Å²) in [5.41, 5.74) is -2.66. The van der Waals surface area contributed by atoms with E-state index in [4.69, 9.17) is 4.74 Å². The molecule has 2 nitrogen and oxygen atoms in total. The van der Waals surface area contributed by atoms with Gasteiger partial charge in [0.2, 0.25) is 0 Å². The van der Waals surface area contributed by atoms with Gasteiger partial charge in [-0.2, -0.15) is 26.3 Å². The van der Waals surface area contributed by atoms with Crippen molar-refractivity contribution in [2.75, 3.05) is 20.3 Å². The average molecular weight is 315 g/mol. The maximum atomic E-state index is 12.6. The predicted octanol–water partition coefficient (Wildman–Crippen LogP) is 3.85. The van der Waals surface area contributed by atoms with Gasteiger partial charge in [-0.3, -0.25) is 0 Å². The summed E-state index contributed by atoms with van der Waals surface area (Å²) in [7, 11) is 1.50. The highest BCUT2D eigenvalue weighted by Gasteiger charge is 2.36. The summed E-state index contributed by atoms with van der Waals surface area (Å²) in [5.74, 6) is 0. The first-order valence-electron chi connectivity index (χ1n) is 6.12. The van der Waals surface area contributed by atoms with Crippen molar-refractivity contribution in [1.29, 1.82) is 0 Å². The number of halogens is 6. The topological polar surface area (TPSA) is 21.3 Å². The SMILES string of the molecule is COCCCNCc1cc(C(F)(F)F)cc(C(F)(F)F)c1. The molecule has 1 N–H and O–H groups in total. The molecular formula is C13H15F6NO. The van der Waals surface area contributed by atoms with Crippen molar-refractivity contribution >= 4 is 0 Å². The first kappa shape index (κ1) is 17.8. The average Bonchev–Trinajstić information content (AvgIpc) is 2.36. The van der Waals surface area contributed by atoms with E-state index in [0.717, 1.165) is 12.1 Å². The molecule has 0 heterocycles. The second-order valence-electron chi connectivity index (χ2n) is 4.44. The Hall–Kier alpha value is -1.28. The number of benzene rings is 1. The first-order chi connectivity index (χ1) is 9.64. The van der Waals surface area contributed by atoms with Crippen molar-refractivity contribution in [1.82, 2.24) is 5.32 Å². The van der Waals surface area contributed by atoms with Crippen LogP contribution in [0.5, 0.6) is 0 Å². The van der Waals surface area contributed by atoms with Crippen LogP contribution in [0.3, 0.4) is 0 Å². The zero-order chi connectivity index (χ0) is 16.1. The molecule has 0 bridgehead atoms. The van der Waals surface area contributed by atoms with Crippen LogP contribution in [0.1, 0.15) is 23.1 Å². The normalized spacial score (nSPS) is 12.7. The van der Waals surface area contributed by atoms with E-state index in [1.54, 1.807) is 0 Å². The number of hydrogen-bond donors (Lipinski definition) is 1. The van der Waals surface area contributed by atoms with Crippen LogP contribution in [0.2, 0.25) is 0 Å². The Kier molecular flexibility index (Phi) is 6.03. The van der Waals surface area contributed by atoms with Gasteiger partial charge in [-0.1, -0.05) is 0 Å². The van der Waals surface area contributed by atoms with Crippen LogP contribution >= 0.6 is 0 Å². The Morgan fingerprint density at radius 3 is 1.90 bits per heavy atom. The lowest BCUT2D eigenvalue weighted by Crippen LogP contribution is -2.18. The monoisotopic (exact) mass is 315 g/mol. The Bertz CT molecular complexity index is 423. The maximum absolute atomic E-state index is 12.6. The maximum Gasteiger partial charge on any atom is 0.416 e. The number of hydrogen-bond acceptors (Lipinski definition) is 2. The summed E-state index contributed by atoms with van der Waals surface area (Å²) < 4.78 is 80.5.